The van der Waals surface area contributed by atoms with E-state index in [0.29, 0.717) is 36.6 Å². The lowest BCUT2D eigenvalue weighted by Gasteiger charge is -2.23. The molecule has 3 amide bonds. The van der Waals surface area contributed by atoms with E-state index in [0.717, 1.165) is 23.3 Å². The molecule has 1 aromatic heterocycles. The van der Waals surface area contributed by atoms with Crippen molar-refractivity contribution in [1.29, 1.82) is 0 Å². The Balaban J connectivity index is 1.41. The Kier molecular flexibility index (Phi) is 6.66. The number of amides is 3. The first-order valence-electron chi connectivity index (χ1n) is 11.6. The molecule has 1 saturated heterocycles. The summed E-state index contributed by atoms with van der Waals surface area (Å²) < 4.78 is 11.1. The van der Waals surface area contributed by atoms with E-state index < -0.39 is 0 Å². The van der Waals surface area contributed by atoms with Gasteiger partial charge in [0.05, 0.1) is 44.0 Å². The number of methoxy groups -OCH3 is 1. The van der Waals surface area contributed by atoms with Gasteiger partial charge >= 0.3 is 0 Å². The topological polar surface area (TPSA) is 76.2 Å². The number of hydrogen-bond donors (Lipinski definition) is 0. The summed E-state index contributed by atoms with van der Waals surface area (Å²) in [6, 6.07) is 16.3. The van der Waals surface area contributed by atoms with Crippen LogP contribution in [0.2, 0.25) is 0 Å². The maximum Gasteiger partial charge on any atom is 0.261 e. The molecular formula is C27H26N2O5S. The molecule has 7 nitrogen and oxygen atoms in total. The van der Waals surface area contributed by atoms with Gasteiger partial charge < -0.3 is 14.4 Å². The number of benzene rings is 2. The first kappa shape index (κ1) is 23.3. The Labute approximate surface area is 207 Å². The van der Waals surface area contributed by atoms with Gasteiger partial charge in [-0.15, -0.1) is 11.3 Å². The maximum atomic E-state index is 13.7. The molecule has 2 aromatic carbocycles. The van der Waals surface area contributed by atoms with Crippen molar-refractivity contribution in [1.82, 2.24) is 9.80 Å². The summed E-state index contributed by atoms with van der Waals surface area (Å²) in [7, 11) is 1.61. The van der Waals surface area contributed by atoms with E-state index in [1.807, 2.05) is 41.8 Å². The number of imide groups is 1. The van der Waals surface area contributed by atoms with Crippen molar-refractivity contribution >= 4 is 29.1 Å². The Hall–Kier alpha value is -3.49. The first-order chi connectivity index (χ1) is 17.0. The minimum absolute atomic E-state index is 0.125. The zero-order chi connectivity index (χ0) is 24.4. The molecule has 0 saturated carbocycles. The van der Waals surface area contributed by atoms with E-state index in [9.17, 15) is 14.4 Å². The summed E-state index contributed by atoms with van der Waals surface area (Å²) >= 11 is 1.58. The molecular weight excluding hydrogens is 464 g/mol. The van der Waals surface area contributed by atoms with Crippen molar-refractivity contribution in [3.63, 3.8) is 0 Å². The van der Waals surface area contributed by atoms with E-state index in [2.05, 4.69) is 0 Å². The van der Waals surface area contributed by atoms with Crippen LogP contribution in [0.3, 0.4) is 0 Å². The zero-order valence-corrected chi connectivity index (χ0v) is 20.3. The number of hydrogen-bond acceptors (Lipinski definition) is 6. The summed E-state index contributed by atoms with van der Waals surface area (Å²) in [6.07, 6.45) is 1.64. The molecule has 2 aliphatic heterocycles. The molecule has 3 heterocycles. The van der Waals surface area contributed by atoms with Crippen LogP contribution in [0.4, 0.5) is 0 Å². The zero-order valence-electron chi connectivity index (χ0n) is 19.4. The predicted molar refractivity (Wildman–Crippen MR) is 132 cm³/mol. The molecule has 0 spiro atoms. The lowest BCUT2D eigenvalue weighted by atomic mass is 10.0. The maximum absolute atomic E-state index is 13.7. The standard InChI is InChI=1S/C27H26N2O5S/c1-33-24-9-3-2-6-19(24)15-28(17-21-8-5-13-35-21)25(30)18-10-11-22-23(14-18)27(32)29(26(22)31)16-20-7-4-12-34-20/h2-3,5-6,8-11,13-14,20H,4,7,12,15-17H2,1H3. The van der Waals surface area contributed by atoms with Crippen LogP contribution in [0.5, 0.6) is 5.75 Å². The van der Waals surface area contributed by atoms with E-state index in [4.69, 9.17) is 9.47 Å². The van der Waals surface area contributed by atoms with Crippen LogP contribution in [0, 0.1) is 0 Å². The highest BCUT2D eigenvalue weighted by atomic mass is 32.1. The third-order valence-electron chi connectivity index (χ3n) is 6.40. The van der Waals surface area contributed by atoms with Crippen molar-refractivity contribution in [3.05, 3.63) is 87.1 Å². The summed E-state index contributed by atoms with van der Waals surface area (Å²) in [6.45, 7) is 1.66. The average molecular weight is 491 g/mol. The van der Waals surface area contributed by atoms with Crippen molar-refractivity contribution in [2.45, 2.75) is 32.0 Å². The highest BCUT2D eigenvalue weighted by Gasteiger charge is 2.38. The SMILES string of the molecule is COc1ccccc1CN(Cc1cccs1)C(=O)c1ccc2c(c1)C(=O)N(CC1CCCO1)C2=O. The van der Waals surface area contributed by atoms with Crippen LogP contribution in [-0.4, -0.2) is 53.9 Å². The fourth-order valence-corrected chi connectivity index (χ4v) is 5.31. The number of para-hydroxylation sites is 1. The lowest BCUT2D eigenvalue weighted by Crippen LogP contribution is -2.36. The van der Waals surface area contributed by atoms with Crippen LogP contribution in [0.1, 0.15) is 54.4 Å². The Morgan fingerprint density at radius 2 is 1.91 bits per heavy atom. The summed E-state index contributed by atoms with van der Waals surface area (Å²) in [5.74, 6) is -0.213. The molecule has 1 unspecified atom stereocenters. The van der Waals surface area contributed by atoms with Crippen molar-refractivity contribution in [2.24, 2.45) is 0 Å². The number of rotatable bonds is 8. The second-order valence-corrected chi connectivity index (χ2v) is 9.70. The number of carbonyl (C=O) groups is 3. The molecule has 0 bridgehead atoms. The quantitative estimate of drug-likeness (QED) is 0.438. The van der Waals surface area contributed by atoms with Gasteiger partial charge in [-0.2, -0.15) is 0 Å². The summed E-state index contributed by atoms with van der Waals surface area (Å²) in [5, 5.41) is 1.98. The minimum atomic E-state index is -0.371. The third kappa shape index (κ3) is 4.72. The number of ether oxygens (including phenoxy) is 2. The molecule has 1 fully saturated rings. The van der Waals surface area contributed by atoms with Gasteiger partial charge in [0.2, 0.25) is 0 Å². The molecule has 3 aromatic rings. The van der Waals surface area contributed by atoms with Crippen molar-refractivity contribution in [3.8, 4) is 5.75 Å². The van der Waals surface area contributed by atoms with Gasteiger partial charge in [-0.05, 0) is 48.6 Å². The van der Waals surface area contributed by atoms with Gasteiger partial charge in [0.1, 0.15) is 5.75 Å². The highest BCUT2D eigenvalue weighted by molar-refractivity contribution is 7.09. The van der Waals surface area contributed by atoms with Gasteiger partial charge in [0, 0.05) is 22.6 Å². The molecule has 0 N–H and O–H groups in total. The molecule has 2 aliphatic rings. The fraction of sp³-hybridized carbons (Fsp3) is 0.296. The highest BCUT2D eigenvalue weighted by Crippen LogP contribution is 2.28. The van der Waals surface area contributed by atoms with E-state index in [-0.39, 0.29) is 35.9 Å². The Morgan fingerprint density at radius 1 is 1.09 bits per heavy atom. The van der Waals surface area contributed by atoms with Crippen LogP contribution in [0.15, 0.2) is 60.0 Å². The summed E-state index contributed by atoms with van der Waals surface area (Å²) in [5.41, 5.74) is 1.86. The normalized spacial score (nSPS) is 17.1. The molecule has 0 radical (unpaired) electrons. The van der Waals surface area contributed by atoms with E-state index in [1.54, 1.807) is 41.5 Å². The van der Waals surface area contributed by atoms with Crippen molar-refractivity contribution < 1.29 is 23.9 Å². The Bertz CT molecular complexity index is 1250. The molecule has 8 heteroatoms. The van der Waals surface area contributed by atoms with Crippen LogP contribution >= 0.6 is 11.3 Å². The molecule has 180 valence electrons. The van der Waals surface area contributed by atoms with Gasteiger partial charge in [0.15, 0.2) is 0 Å². The average Bonchev–Trinajstić information content (AvgIpc) is 3.63. The molecule has 5 rings (SSSR count). The van der Waals surface area contributed by atoms with Gasteiger partial charge in [0.25, 0.3) is 17.7 Å². The van der Waals surface area contributed by atoms with Crippen LogP contribution in [0.25, 0.3) is 0 Å². The minimum Gasteiger partial charge on any atom is -0.496 e. The van der Waals surface area contributed by atoms with Gasteiger partial charge in [-0.1, -0.05) is 24.3 Å². The largest absolute Gasteiger partial charge is 0.496 e. The number of carbonyl (C=O) groups excluding carboxylic acids is 3. The summed E-state index contributed by atoms with van der Waals surface area (Å²) in [4.78, 5) is 43.7. The second-order valence-electron chi connectivity index (χ2n) is 8.67. The van der Waals surface area contributed by atoms with Crippen molar-refractivity contribution in [2.75, 3.05) is 20.3 Å². The number of fused-ring (bicyclic) bond motifs is 1. The molecule has 1 atom stereocenters. The monoisotopic (exact) mass is 490 g/mol. The molecule has 35 heavy (non-hydrogen) atoms. The number of nitrogens with zero attached hydrogens (tertiary/aromatic N) is 2. The second kappa shape index (κ2) is 10.0. The van der Waals surface area contributed by atoms with Gasteiger partial charge in [-0.25, -0.2) is 0 Å². The van der Waals surface area contributed by atoms with Gasteiger partial charge in [-0.3, -0.25) is 19.3 Å². The predicted octanol–water partition coefficient (Wildman–Crippen LogP) is 4.37. The van der Waals surface area contributed by atoms with E-state index >= 15 is 0 Å². The first-order valence-corrected chi connectivity index (χ1v) is 12.5. The third-order valence-corrected chi connectivity index (χ3v) is 7.26. The smallest absolute Gasteiger partial charge is 0.261 e. The lowest BCUT2D eigenvalue weighted by molar-refractivity contribution is 0.0475. The fourth-order valence-electron chi connectivity index (χ4n) is 4.59. The molecule has 0 aliphatic carbocycles. The Morgan fingerprint density at radius 3 is 2.66 bits per heavy atom. The van der Waals surface area contributed by atoms with Crippen LogP contribution in [-0.2, 0) is 17.8 Å². The van der Waals surface area contributed by atoms with E-state index in [1.165, 1.54) is 4.90 Å². The number of thiophene rings is 1. The van der Waals surface area contributed by atoms with Crippen LogP contribution < -0.4 is 4.74 Å².